The van der Waals surface area contributed by atoms with E-state index in [4.69, 9.17) is 0 Å². The Morgan fingerprint density at radius 2 is 2.11 bits per heavy atom. The summed E-state index contributed by atoms with van der Waals surface area (Å²) >= 11 is 9.05. The monoisotopic (exact) mass is 399 g/mol. The third-order valence-corrected chi connectivity index (χ3v) is 5.82. The van der Waals surface area contributed by atoms with Gasteiger partial charge in [-0.15, -0.1) is 11.3 Å². The van der Waals surface area contributed by atoms with Gasteiger partial charge in [0.2, 0.25) is 0 Å². The molecule has 1 aromatic heterocycles. The summed E-state index contributed by atoms with van der Waals surface area (Å²) in [7, 11) is 0. The Bertz CT molecular complexity index is 606. The average Bonchev–Trinajstić information content (AvgIpc) is 2.75. The van der Waals surface area contributed by atoms with E-state index >= 15 is 0 Å². The normalized spacial score (nSPS) is 18.2. The first-order valence-electron chi connectivity index (χ1n) is 6.44. The van der Waals surface area contributed by atoms with Crippen LogP contribution in [-0.2, 0) is 6.42 Å². The average molecular weight is 401 g/mol. The van der Waals surface area contributed by atoms with Crippen LogP contribution in [0.4, 0.5) is 5.69 Å². The van der Waals surface area contributed by atoms with Crippen molar-refractivity contribution in [1.29, 1.82) is 0 Å². The Kier molecular flexibility index (Phi) is 4.01. The summed E-state index contributed by atoms with van der Waals surface area (Å²) in [5, 5.41) is 3.72. The number of halogens is 2. The summed E-state index contributed by atoms with van der Waals surface area (Å²) in [6, 6.07) is 9.14. The molecule has 1 unspecified atom stereocenters. The van der Waals surface area contributed by atoms with E-state index in [2.05, 4.69) is 68.4 Å². The van der Waals surface area contributed by atoms with Crippen molar-refractivity contribution in [2.45, 2.75) is 32.2 Å². The van der Waals surface area contributed by atoms with E-state index in [0.29, 0.717) is 6.04 Å². The molecule has 0 aliphatic heterocycles. The lowest BCUT2D eigenvalue weighted by molar-refractivity contribution is 0.608. The molecule has 0 saturated heterocycles. The minimum Gasteiger partial charge on any atom is -0.378 e. The molecule has 2 aromatic rings. The van der Waals surface area contributed by atoms with Crippen molar-refractivity contribution in [3.63, 3.8) is 0 Å². The van der Waals surface area contributed by atoms with Crippen LogP contribution in [0.1, 0.15) is 34.9 Å². The van der Waals surface area contributed by atoms with Crippen LogP contribution in [0.25, 0.3) is 0 Å². The molecule has 100 valence electrons. The largest absolute Gasteiger partial charge is 0.378 e. The molecule has 1 aromatic carbocycles. The Balaban J connectivity index is 1.90. The molecule has 1 aliphatic rings. The summed E-state index contributed by atoms with van der Waals surface area (Å²) < 4.78 is 2.38. The number of hydrogen-bond acceptors (Lipinski definition) is 2. The summed E-state index contributed by atoms with van der Waals surface area (Å²) in [5.41, 5.74) is 4.00. The van der Waals surface area contributed by atoms with Crippen LogP contribution in [0.3, 0.4) is 0 Å². The van der Waals surface area contributed by atoms with Crippen LogP contribution in [0.5, 0.6) is 0 Å². The second-order valence-electron chi connectivity index (χ2n) is 4.98. The van der Waals surface area contributed by atoms with Gasteiger partial charge in [-0.3, -0.25) is 0 Å². The lowest BCUT2D eigenvalue weighted by atomic mass is 9.93. The van der Waals surface area contributed by atoms with Gasteiger partial charge in [-0.1, -0.05) is 22.0 Å². The number of aryl methyl sites for hydroxylation is 2. The molecule has 1 N–H and O–H groups in total. The number of thiophene rings is 1. The van der Waals surface area contributed by atoms with Crippen molar-refractivity contribution in [2.24, 2.45) is 0 Å². The minimum atomic E-state index is 0.444. The molecule has 1 aliphatic carbocycles. The number of fused-ring (bicyclic) bond motifs is 1. The van der Waals surface area contributed by atoms with Gasteiger partial charge in [0.25, 0.3) is 0 Å². The first-order valence-corrected chi connectivity index (χ1v) is 8.84. The maximum Gasteiger partial charge on any atom is 0.0705 e. The smallest absolute Gasteiger partial charge is 0.0705 e. The van der Waals surface area contributed by atoms with E-state index in [-0.39, 0.29) is 0 Å². The molecule has 4 heteroatoms. The summed E-state index contributed by atoms with van der Waals surface area (Å²) in [5.74, 6) is 0. The van der Waals surface area contributed by atoms with Gasteiger partial charge < -0.3 is 5.32 Å². The number of rotatable bonds is 2. The summed E-state index contributed by atoms with van der Waals surface area (Å²) in [4.78, 5) is 1.53. The van der Waals surface area contributed by atoms with Crippen molar-refractivity contribution in [3.8, 4) is 0 Å². The third-order valence-electron chi connectivity index (χ3n) is 3.61. The fourth-order valence-electron chi connectivity index (χ4n) is 2.61. The molecule has 19 heavy (non-hydrogen) atoms. The molecule has 1 nitrogen and oxygen atoms in total. The third kappa shape index (κ3) is 2.91. The molecule has 0 fully saturated rings. The predicted molar refractivity (Wildman–Crippen MR) is 90.2 cm³/mol. The zero-order valence-corrected chi connectivity index (χ0v) is 14.7. The van der Waals surface area contributed by atoms with Gasteiger partial charge in [0.1, 0.15) is 0 Å². The van der Waals surface area contributed by atoms with Gasteiger partial charge in [-0.05, 0) is 71.4 Å². The maximum absolute atomic E-state index is 3.72. The molecule has 1 atom stereocenters. The quantitative estimate of drug-likeness (QED) is 0.644. The van der Waals surface area contributed by atoms with Crippen LogP contribution >= 0.6 is 43.2 Å². The van der Waals surface area contributed by atoms with Gasteiger partial charge in [-0.2, -0.15) is 0 Å². The van der Waals surface area contributed by atoms with Gasteiger partial charge in [0, 0.05) is 15.0 Å². The van der Waals surface area contributed by atoms with Gasteiger partial charge in [0.15, 0.2) is 0 Å². The Morgan fingerprint density at radius 3 is 2.95 bits per heavy atom. The van der Waals surface area contributed by atoms with Crippen molar-refractivity contribution in [2.75, 3.05) is 5.32 Å². The van der Waals surface area contributed by atoms with E-state index in [1.165, 1.54) is 44.7 Å². The van der Waals surface area contributed by atoms with E-state index in [1.807, 2.05) is 11.3 Å². The summed E-state index contributed by atoms with van der Waals surface area (Å²) in [6.07, 6.45) is 3.70. The summed E-state index contributed by atoms with van der Waals surface area (Å²) in [6.45, 7) is 2.15. The molecule has 3 rings (SSSR count). The maximum atomic E-state index is 3.72. The van der Waals surface area contributed by atoms with Gasteiger partial charge >= 0.3 is 0 Å². The molecular formula is C15H15Br2NS. The Labute approximate surface area is 134 Å². The Hall–Kier alpha value is -0.320. The van der Waals surface area contributed by atoms with Crippen molar-refractivity contribution in [3.05, 3.63) is 48.5 Å². The zero-order valence-electron chi connectivity index (χ0n) is 10.7. The fraction of sp³-hybridized carbons (Fsp3) is 0.333. The number of anilines is 1. The second kappa shape index (κ2) is 5.58. The molecule has 1 heterocycles. The van der Waals surface area contributed by atoms with E-state index < -0.39 is 0 Å². The zero-order chi connectivity index (χ0) is 13.4. The van der Waals surface area contributed by atoms with Crippen molar-refractivity contribution < 1.29 is 0 Å². The number of benzene rings is 1. The molecule has 0 saturated carbocycles. The second-order valence-corrected chi connectivity index (χ2v) is 8.41. The van der Waals surface area contributed by atoms with Crippen LogP contribution in [0.2, 0.25) is 0 Å². The fourth-order valence-corrected chi connectivity index (χ4v) is 4.79. The number of nitrogens with one attached hydrogen (secondary N) is 1. The topological polar surface area (TPSA) is 12.0 Å². The van der Waals surface area contributed by atoms with E-state index in [0.717, 1.165) is 4.47 Å². The molecular weight excluding hydrogens is 386 g/mol. The lowest BCUT2D eigenvalue weighted by Gasteiger charge is -2.25. The molecule has 0 amide bonds. The predicted octanol–water partition coefficient (Wildman–Crippen LogP) is 6.07. The first kappa shape index (κ1) is 13.7. The van der Waals surface area contributed by atoms with E-state index in [1.54, 1.807) is 0 Å². The molecule has 0 bridgehead atoms. The highest BCUT2D eigenvalue weighted by atomic mass is 79.9. The number of hydrogen-bond donors (Lipinski definition) is 1. The van der Waals surface area contributed by atoms with Crippen LogP contribution in [0, 0.1) is 6.92 Å². The van der Waals surface area contributed by atoms with Crippen molar-refractivity contribution >= 4 is 48.9 Å². The molecule has 0 spiro atoms. The highest BCUT2D eigenvalue weighted by molar-refractivity contribution is 9.11. The van der Waals surface area contributed by atoms with Gasteiger partial charge in [0.05, 0.1) is 9.83 Å². The van der Waals surface area contributed by atoms with Gasteiger partial charge in [-0.25, -0.2) is 0 Å². The standard InChI is InChI=1S/C15H15Br2NS/c1-9-5-6-10(16)7-13(9)18-12-3-2-4-14-11(12)8-15(17)19-14/h5-8,12,18H,2-4H2,1H3. The van der Waals surface area contributed by atoms with Crippen LogP contribution in [-0.4, -0.2) is 0 Å². The SMILES string of the molecule is Cc1ccc(Br)cc1NC1CCCc2sc(Br)cc21. The van der Waals surface area contributed by atoms with E-state index in [9.17, 15) is 0 Å². The highest BCUT2D eigenvalue weighted by Crippen LogP contribution is 2.40. The van der Waals surface area contributed by atoms with Crippen LogP contribution in [0.15, 0.2) is 32.5 Å². The minimum absolute atomic E-state index is 0.444. The Morgan fingerprint density at radius 1 is 1.26 bits per heavy atom. The highest BCUT2D eigenvalue weighted by Gasteiger charge is 2.22. The lowest BCUT2D eigenvalue weighted by Crippen LogP contribution is -2.16. The van der Waals surface area contributed by atoms with Crippen LogP contribution < -0.4 is 5.32 Å². The first-order chi connectivity index (χ1) is 9.13. The molecule has 0 radical (unpaired) electrons. The van der Waals surface area contributed by atoms with Crippen molar-refractivity contribution in [1.82, 2.24) is 0 Å².